The van der Waals surface area contributed by atoms with E-state index >= 15 is 0 Å². The molecule has 1 atom stereocenters. The van der Waals surface area contributed by atoms with Gasteiger partial charge in [-0.15, -0.1) is 0 Å². The van der Waals surface area contributed by atoms with Crippen LogP contribution in [0.4, 0.5) is 4.79 Å². The van der Waals surface area contributed by atoms with Crippen LogP contribution in [0.2, 0.25) is 0 Å². The molecule has 0 bridgehead atoms. The maximum atomic E-state index is 12.6. The lowest BCUT2D eigenvalue weighted by Crippen LogP contribution is -2.45. The molecule has 1 unspecified atom stereocenters. The number of hydrogen-bond donors (Lipinski definition) is 1. The number of fused-ring (bicyclic) bond motifs is 1. The average molecular weight is 378 g/mol. The minimum Gasteiger partial charge on any atom is -0.338 e. The molecule has 148 valence electrons. The molecule has 0 spiro atoms. The molecule has 2 aromatic rings. The first kappa shape index (κ1) is 19.0. The number of nitrogens with zero attached hydrogens (tertiary/aromatic N) is 2. The number of piperidine rings is 1. The van der Waals surface area contributed by atoms with E-state index in [1.807, 2.05) is 4.90 Å². The molecular formula is C24H31N3O. The first-order valence-corrected chi connectivity index (χ1v) is 10.7. The van der Waals surface area contributed by atoms with Crippen LogP contribution in [0.5, 0.6) is 0 Å². The lowest BCUT2D eigenvalue weighted by molar-refractivity contribution is 0.178. The van der Waals surface area contributed by atoms with E-state index in [0.717, 1.165) is 58.5 Å². The summed E-state index contributed by atoms with van der Waals surface area (Å²) in [6.45, 7) is 5.66. The third-order valence-corrected chi connectivity index (χ3v) is 6.12. The molecule has 2 aliphatic heterocycles. The smallest absolute Gasteiger partial charge is 0.317 e. The Morgan fingerprint density at radius 1 is 1.00 bits per heavy atom. The van der Waals surface area contributed by atoms with Gasteiger partial charge in [-0.25, -0.2) is 4.79 Å². The molecule has 0 saturated carbocycles. The summed E-state index contributed by atoms with van der Waals surface area (Å²) in [6.07, 6.45) is 4.39. The summed E-state index contributed by atoms with van der Waals surface area (Å²) in [5, 5.41) is 3.14. The summed E-state index contributed by atoms with van der Waals surface area (Å²) >= 11 is 0. The van der Waals surface area contributed by atoms with Crippen molar-refractivity contribution in [2.24, 2.45) is 0 Å². The number of amides is 2. The molecule has 4 nitrogen and oxygen atoms in total. The number of carbonyl (C=O) groups is 1. The fourth-order valence-electron chi connectivity index (χ4n) is 4.51. The van der Waals surface area contributed by atoms with E-state index in [9.17, 15) is 4.79 Å². The number of benzene rings is 2. The second kappa shape index (κ2) is 9.24. The molecule has 1 saturated heterocycles. The highest BCUT2D eigenvalue weighted by atomic mass is 16.2. The third kappa shape index (κ3) is 4.74. The van der Waals surface area contributed by atoms with Crippen molar-refractivity contribution in [1.29, 1.82) is 0 Å². The summed E-state index contributed by atoms with van der Waals surface area (Å²) in [4.78, 5) is 17.1. The van der Waals surface area contributed by atoms with Crippen LogP contribution >= 0.6 is 0 Å². The van der Waals surface area contributed by atoms with Gasteiger partial charge < -0.3 is 10.2 Å². The van der Waals surface area contributed by atoms with Gasteiger partial charge in [0.05, 0.1) is 0 Å². The Hall–Kier alpha value is -2.33. The Balaban J connectivity index is 1.19. The molecule has 2 amide bonds. The van der Waals surface area contributed by atoms with Crippen molar-refractivity contribution in [3.05, 3.63) is 71.3 Å². The molecule has 0 aliphatic carbocycles. The second-order valence-corrected chi connectivity index (χ2v) is 8.08. The highest BCUT2D eigenvalue weighted by molar-refractivity contribution is 5.74. The molecule has 2 aromatic carbocycles. The highest BCUT2D eigenvalue weighted by Crippen LogP contribution is 2.26. The molecule has 28 heavy (non-hydrogen) atoms. The first-order chi connectivity index (χ1) is 13.8. The van der Waals surface area contributed by atoms with Crippen LogP contribution < -0.4 is 5.32 Å². The summed E-state index contributed by atoms with van der Waals surface area (Å²) in [5.41, 5.74) is 4.30. The van der Waals surface area contributed by atoms with Crippen LogP contribution in [0.25, 0.3) is 0 Å². The topological polar surface area (TPSA) is 35.6 Å². The first-order valence-electron chi connectivity index (χ1n) is 10.7. The summed E-state index contributed by atoms with van der Waals surface area (Å²) in [7, 11) is 0. The Labute approximate surface area is 168 Å². The van der Waals surface area contributed by atoms with Gasteiger partial charge in [0.25, 0.3) is 0 Å². The number of nitrogens with one attached hydrogen (secondary N) is 1. The molecule has 1 fully saturated rings. The number of carbonyl (C=O) groups excluding carboxylic acids is 1. The predicted octanol–water partition coefficient (Wildman–Crippen LogP) is 4.02. The van der Waals surface area contributed by atoms with Gasteiger partial charge in [0.1, 0.15) is 0 Å². The minimum atomic E-state index is 0.102. The lowest BCUT2D eigenvalue weighted by atomic mass is 9.91. The van der Waals surface area contributed by atoms with Gasteiger partial charge in [0.15, 0.2) is 0 Å². The fourth-order valence-corrected chi connectivity index (χ4v) is 4.51. The van der Waals surface area contributed by atoms with Gasteiger partial charge in [0.2, 0.25) is 0 Å². The normalized spacial score (nSPS) is 19.9. The molecule has 4 rings (SSSR count). The van der Waals surface area contributed by atoms with Crippen molar-refractivity contribution < 1.29 is 4.79 Å². The van der Waals surface area contributed by atoms with Crippen LogP contribution in [-0.4, -0.2) is 48.6 Å². The fraction of sp³-hybridized carbons (Fsp3) is 0.458. The van der Waals surface area contributed by atoms with Crippen LogP contribution in [0.1, 0.15) is 41.9 Å². The van der Waals surface area contributed by atoms with Crippen LogP contribution in [0.15, 0.2) is 54.6 Å². The van der Waals surface area contributed by atoms with Gasteiger partial charge in [-0.2, -0.15) is 0 Å². The van der Waals surface area contributed by atoms with Crippen molar-refractivity contribution in [1.82, 2.24) is 15.1 Å². The Morgan fingerprint density at radius 3 is 2.64 bits per heavy atom. The summed E-state index contributed by atoms with van der Waals surface area (Å²) in [6, 6.07) is 19.4. The van der Waals surface area contributed by atoms with Crippen molar-refractivity contribution in [3.8, 4) is 0 Å². The molecule has 2 heterocycles. The number of likely N-dealkylation sites (tertiary alicyclic amines) is 1. The highest BCUT2D eigenvalue weighted by Gasteiger charge is 2.24. The van der Waals surface area contributed by atoms with Gasteiger partial charge in [-0.3, -0.25) is 4.90 Å². The Morgan fingerprint density at radius 2 is 1.79 bits per heavy atom. The number of rotatable bonds is 5. The minimum absolute atomic E-state index is 0.102. The maximum Gasteiger partial charge on any atom is 0.317 e. The SMILES string of the molecule is O=C(NCCCN1CCc2ccccc2C1)N1CCCC(c2ccccc2)C1. The molecule has 2 aliphatic rings. The molecule has 0 radical (unpaired) electrons. The van der Waals surface area contributed by atoms with E-state index in [-0.39, 0.29) is 6.03 Å². The van der Waals surface area contributed by atoms with Crippen molar-refractivity contribution >= 4 is 6.03 Å². The molecule has 4 heteroatoms. The zero-order valence-corrected chi connectivity index (χ0v) is 16.6. The van der Waals surface area contributed by atoms with E-state index in [1.165, 1.54) is 23.1 Å². The second-order valence-electron chi connectivity index (χ2n) is 8.08. The zero-order chi connectivity index (χ0) is 19.2. The molecule has 1 N–H and O–H groups in total. The van der Waals surface area contributed by atoms with Crippen LogP contribution in [0.3, 0.4) is 0 Å². The third-order valence-electron chi connectivity index (χ3n) is 6.12. The maximum absolute atomic E-state index is 12.6. The van der Waals surface area contributed by atoms with Gasteiger partial charge >= 0.3 is 6.03 Å². The van der Waals surface area contributed by atoms with Crippen molar-refractivity contribution in [2.75, 3.05) is 32.7 Å². The largest absolute Gasteiger partial charge is 0.338 e. The number of hydrogen-bond acceptors (Lipinski definition) is 2. The van der Waals surface area contributed by atoms with E-state index in [0.29, 0.717) is 5.92 Å². The Bertz CT molecular complexity index is 776. The zero-order valence-electron chi connectivity index (χ0n) is 16.6. The van der Waals surface area contributed by atoms with Crippen molar-refractivity contribution in [2.45, 2.75) is 38.1 Å². The monoisotopic (exact) mass is 377 g/mol. The van der Waals surface area contributed by atoms with Gasteiger partial charge in [-0.1, -0.05) is 54.6 Å². The number of urea groups is 1. The Kier molecular flexibility index (Phi) is 6.27. The van der Waals surface area contributed by atoms with Gasteiger partial charge in [0, 0.05) is 45.2 Å². The van der Waals surface area contributed by atoms with E-state index < -0.39 is 0 Å². The van der Waals surface area contributed by atoms with Crippen LogP contribution in [0, 0.1) is 0 Å². The average Bonchev–Trinajstić information content (AvgIpc) is 2.77. The predicted molar refractivity (Wildman–Crippen MR) is 113 cm³/mol. The molecular weight excluding hydrogens is 346 g/mol. The van der Waals surface area contributed by atoms with Crippen LogP contribution in [-0.2, 0) is 13.0 Å². The van der Waals surface area contributed by atoms with E-state index in [2.05, 4.69) is 64.8 Å². The lowest BCUT2D eigenvalue weighted by Gasteiger charge is -2.33. The van der Waals surface area contributed by atoms with Crippen molar-refractivity contribution in [3.63, 3.8) is 0 Å². The summed E-state index contributed by atoms with van der Waals surface area (Å²) < 4.78 is 0. The molecule has 0 aromatic heterocycles. The van der Waals surface area contributed by atoms with E-state index in [4.69, 9.17) is 0 Å². The van der Waals surface area contributed by atoms with E-state index in [1.54, 1.807) is 0 Å². The standard InChI is InChI=1S/C24H31N3O/c28-24(27-16-6-12-23(19-27)20-8-2-1-3-9-20)25-14-7-15-26-17-13-21-10-4-5-11-22(21)18-26/h1-5,8-11,23H,6-7,12-19H2,(H,25,28). The quantitative estimate of drug-likeness (QED) is 0.799. The van der Waals surface area contributed by atoms with Gasteiger partial charge in [-0.05, 0) is 42.4 Å². The summed E-state index contributed by atoms with van der Waals surface area (Å²) in [5.74, 6) is 0.467.